The van der Waals surface area contributed by atoms with Crippen molar-refractivity contribution in [1.29, 1.82) is 0 Å². The largest absolute Gasteiger partial charge is 0.312 e. The summed E-state index contributed by atoms with van der Waals surface area (Å²) in [6, 6.07) is 12.0. The third-order valence-electron chi connectivity index (χ3n) is 2.89. The molecule has 0 amide bonds. The Bertz CT molecular complexity index is 255. The van der Waals surface area contributed by atoms with Crippen LogP contribution in [0.15, 0.2) is 30.3 Å². The average molecular weight is 205 g/mol. The molecule has 0 spiro atoms. The second kappa shape index (κ2) is 6.62. The molecule has 0 aliphatic heterocycles. The Hall–Kier alpha value is -0.820. The van der Waals surface area contributed by atoms with Crippen LogP contribution in [0.2, 0.25) is 0 Å². The molecule has 0 saturated heterocycles. The Morgan fingerprint density at radius 1 is 1.07 bits per heavy atom. The van der Waals surface area contributed by atoms with E-state index in [1.165, 1.54) is 24.8 Å². The van der Waals surface area contributed by atoms with E-state index in [-0.39, 0.29) is 0 Å². The van der Waals surface area contributed by atoms with Crippen LogP contribution in [0.4, 0.5) is 0 Å². The first kappa shape index (κ1) is 12.3. The zero-order valence-corrected chi connectivity index (χ0v) is 10.2. The maximum Gasteiger partial charge on any atom is 0.00443 e. The van der Waals surface area contributed by atoms with Crippen LogP contribution in [-0.4, -0.2) is 12.1 Å². The number of hydrogen-bond acceptors (Lipinski definition) is 1. The van der Waals surface area contributed by atoms with Crippen molar-refractivity contribution in [2.45, 2.75) is 52.1 Å². The molecule has 15 heavy (non-hydrogen) atoms. The van der Waals surface area contributed by atoms with Gasteiger partial charge in [0.2, 0.25) is 0 Å². The van der Waals surface area contributed by atoms with Crippen LogP contribution in [0, 0.1) is 0 Å². The zero-order chi connectivity index (χ0) is 11.1. The van der Waals surface area contributed by atoms with E-state index >= 15 is 0 Å². The molecule has 1 nitrogen and oxygen atoms in total. The van der Waals surface area contributed by atoms with Gasteiger partial charge in [0.05, 0.1) is 0 Å². The molecule has 1 N–H and O–H groups in total. The van der Waals surface area contributed by atoms with Crippen molar-refractivity contribution in [1.82, 2.24) is 5.32 Å². The molecule has 0 heterocycles. The number of benzene rings is 1. The van der Waals surface area contributed by atoms with Crippen molar-refractivity contribution < 1.29 is 0 Å². The molecule has 2 atom stereocenters. The summed E-state index contributed by atoms with van der Waals surface area (Å²) in [5.41, 5.74) is 1.44. The highest BCUT2D eigenvalue weighted by atomic mass is 14.9. The lowest BCUT2D eigenvalue weighted by molar-refractivity contribution is 0.438. The summed E-state index contributed by atoms with van der Waals surface area (Å²) in [6.45, 7) is 6.75. The summed E-state index contributed by atoms with van der Waals surface area (Å²) >= 11 is 0. The van der Waals surface area contributed by atoms with Crippen molar-refractivity contribution in [2.24, 2.45) is 0 Å². The maximum atomic E-state index is 3.60. The standard InChI is InChI=1S/C14H23N/c1-4-12(2)15-13(3)10-11-14-8-6-5-7-9-14/h5-9,12-13,15H,4,10-11H2,1-3H3/t12-,13-/m1/s1. The molecule has 0 saturated carbocycles. The molecule has 1 aromatic rings. The zero-order valence-electron chi connectivity index (χ0n) is 10.2. The lowest BCUT2D eigenvalue weighted by Crippen LogP contribution is -2.34. The van der Waals surface area contributed by atoms with Crippen molar-refractivity contribution in [3.05, 3.63) is 35.9 Å². The Morgan fingerprint density at radius 3 is 2.33 bits per heavy atom. The van der Waals surface area contributed by atoms with Crippen LogP contribution in [-0.2, 0) is 6.42 Å². The average Bonchev–Trinajstić information content (AvgIpc) is 2.27. The second-order valence-electron chi connectivity index (χ2n) is 4.40. The van der Waals surface area contributed by atoms with E-state index in [1.54, 1.807) is 0 Å². The quantitative estimate of drug-likeness (QED) is 0.750. The van der Waals surface area contributed by atoms with E-state index in [2.05, 4.69) is 56.4 Å². The minimum absolute atomic E-state index is 0.611. The summed E-state index contributed by atoms with van der Waals surface area (Å²) < 4.78 is 0. The summed E-state index contributed by atoms with van der Waals surface area (Å²) in [5.74, 6) is 0. The van der Waals surface area contributed by atoms with Crippen LogP contribution >= 0.6 is 0 Å². The van der Waals surface area contributed by atoms with Crippen molar-refractivity contribution in [3.8, 4) is 0 Å². The van der Waals surface area contributed by atoms with Gasteiger partial charge in [0.1, 0.15) is 0 Å². The van der Waals surface area contributed by atoms with Gasteiger partial charge in [0.15, 0.2) is 0 Å². The predicted molar refractivity (Wildman–Crippen MR) is 67.1 cm³/mol. The number of hydrogen-bond donors (Lipinski definition) is 1. The first-order valence-corrected chi connectivity index (χ1v) is 6.02. The molecule has 0 aliphatic rings. The SMILES string of the molecule is CC[C@@H](C)N[C@H](C)CCc1ccccc1. The molecule has 0 fully saturated rings. The lowest BCUT2D eigenvalue weighted by Gasteiger charge is -2.18. The third-order valence-corrected chi connectivity index (χ3v) is 2.89. The molecular formula is C14H23N. The van der Waals surface area contributed by atoms with Gasteiger partial charge in [-0.15, -0.1) is 0 Å². The van der Waals surface area contributed by atoms with Crippen molar-refractivity contribution in [3.63, 3.8) is 0 Å². The van der Waals surface area contributed by atoms with Crippen molar-refractivity contribution in [2.75, 3.05) is 0 Å². The van der Waals surface area contributed by atoms with E-state index in [4.69, 9.17) is 0 Å². The van der Waals surface area contributed by atoms with Crippen molar-refractivity contribution >= 4 is 0 Å². The van der Waals surface area contributed by atoms with Crippen LogP contribution in [0.5, 0.6) is 0 Å². The van der Waals surface area contributed by atoms with Gasteiger partial charge in [-0.25, -0.2) is 0 Å². The normalized spacial score (nSPS) is 14.9. The fourth-order valence-corrected chi connectivity index (χ4v) is 1.71. The Balaban J connectivity index is 2.25. The number of rotatable bonds is 6. The maximum absolute atomic E-state index is 3.60. The number of aryl methyl sites for hydroxylation is 1. The Labute approximate surface area is 93.9 Å². The molecule has 1 heteroatoms. The highest BCUT2D eigenvalue weighted by molar-refractivity contribution is 5.14. The summed E-state index contributed by atoms with van der Waals surface area (Å²) in [6.07, 6.45) is 3.59. The van der Waals surface area contributed by atoms with Gasteiger partial charge in [-0.05, 0) is 38.7 Å². The van der Waals surface area contributed by atoms with E-state index < -0.39 is 0 Å². The van der Waals surface area contributed by atoms with Gasteiger partial charge in [-0.2, -0.15) is 0 Å². The predicted octanol–water partition coefficient (Wildman–Crippen LogP) is 3.40. The lowest BCUT2D eigenvalue weighted by atomic mass is 10.1. The fourth-order valence-electron chi connectivity index (χ4n) is 1.71. The third kappa shape index (κ3) is 4.98. The fraction of sp³-hybridized carbons (Fsp3) is 0.571. The topological polar surface area (TPSA) is 12.0 Å². The second-order valence-corrected chi connectivity index (χ2v) is 4.40. The minimum Gasteiger partial charge on any atom is -0.312 e. The molecular weight excluding hydrogens is 182 g/mol. The van der Waals surface area contributed by atoms with Gasteiger partial charge in [0.25, 0.3) is 0 Å². The highest BCUT2D eigenvalue weighted by Gasteiger charge is 2.05. The molecule has 0 aliphatic carbocycles. The van der Waals surface area contributed by atoms with Gasteiger partial charge >= 0.3 is 0 Å². The Morgan fingerprint density at radius 2 is 1.73 bits per heavy atom. The molecule has 1 rings (SSSR count). The Kier molecular flexibility index (Phi) is 5.41. The van der Waals surface area contributed by atoms with E-state index in [9.17, 15) is 0 Å². The van der Waals surface area contributed by atoms with Crippen LogP contribution in [0.1, 0.15) is 39.2 Å². The smallest absolute Gasteiger partial charge is 0.00443 e. The summed E-state index contributed by atoms with van der Waals surface area (Å²) in [7, 11) is 0. The number of nitrogens with one attached hydrogen (secondary N) is 1. The van der Waals surface area contributed by atoms with Gasteiger partial charge in [0, 0.05) is 12.1 Å². The van der Waals surface area contributed by atoms with Gasteiger partial charge < -0.3 is 5.32 Å². The molecule has 84 valence electrons. The summed E-state index contributed by atoms with van der Waals surface area (Å²) in [4.78, 5) is 0. The summed E-state index contributed by atoms with van der Waals surface area (Å²) in [5, 5.41) is 3.60. The monoisotopic (exact) mass is 205 g/mol. The first-order valence-electron chi connectivity index (χ1n) is 6.02. The minimum atomic E-state index is 0.611. The van der Waals surface area contributed by atoms with E-state index in [0.717, 1.165) is 0 Å². The van der Waals surface area contributed by atoms with Crippen LogP contribution in [0.25, 0.3) is 0 Å². The van der Waals surface area contributed by atoms with Gasteiger partial charge in [-0.1, -0.05) is 37.3 Å². The molecule has 0 bridgehead atoms. The molecule has 0 radical (unpaired) electrons. The molecule has 0 unspecified atom stereocenters. The van der Waals surface area contributed by atoms with Crippen LogP contribution in [0.3, 0.4) is 0 Å². The van der Waals surface area contributed by atoms with Crippen LogP contribution < -0.4 is 5.32 Å². The van der Waals surface area contributed by atoms with E-state index in [0.29, 0.717) is 12.1 Å². The molecule has 0 aromatic heterocycles. The van der Waals surface area contributed by atoms with Gasteiger partial charge in [-0.3, -0.25) is 0 Å². The highest BCUT2D eigenvalue weighted by Crippen LogP contribution is 2.05. The molecule has 1 aromatic carbocycles. The first-order chi connectivity index (χ1) is 7.22. The van der Waals surface area contributed by atoms with E-state index in [1.807, 2.05) is 0 Å².